The van der Waals surface area contributed by atoms with Crippen LogP contribution in [0.4, 0.5) is 4.39 Å². The van der Waals surface area contributed by atoms with Crippen molar-refractivity contribution in [2.75, 3.05) is 6.61 Å². The molecule has 1 aliphatic heterocycles. The van der Waals surface area contributed by atoms with Crippen LogP contribution in [0.3, 0.4) is 0 Å². The molecule has 3 fully saturated rings. The van der Waals surface area contributed by atoms with E-state index in [1.54, 1.807) is 24.0 Å². The van der Waals surface area contributed by atoms with Gasteiger partial charge in [0.2, 0.25) is 5.91 Å². The standard InChI is InChI=1S/C20H22FNO4/c1-2-26-20(25)16-18(23)15-12-5-6-13(9-12)17(15)22(19(16)24)10-11-3-7-14(21)8-4-11/h3-4,7-8,12-13,15-17H,2,5-6,9-10H2,1H3/t12-,13+,15?,16?,17?/m0/s1. The summed E-state index contributed by atoms with van der Waals surface area (Å²) in [6.07, 6.45) is 2.92. The summed E-state index contributed by atoms with van der Waals surface area (Å²) in [5, 5.41) is 0. The third kappa shape index (κ3) is 2.63. The van der Waals surface area contributed by atoms with Crippen molar-refractivity contribution in [3.05, 3.63) is 35.6 Å². The van der Waals surface area contributed by atoms with Crippen molar-refractivity contribution in [3.63, 3.8) is 0 Å². The number of hydrogen-bond donors (Lipinski definition) is 0. The van der Waals surface area contributed by atoms with Crippen molar-refractivity contribution in [1.29, 1.82) is 0 Å². The molecule has 1 amide bonds. The molecule has 1 aromatic rings. The quantitative estimate of drug-likeness (QED) is 0.611. The Morgan fingerprint density at radius 2 is 1.88 bits per heavy atom. The van der Waals surface area contributed by atoms with Crippen molar-refractivity contribution >= 4 is 17.7 Å². The van der Waals surface area contributed by atoms with E-state index in [0.717, 1.165) is 24.8 Å². The van der Waals surface area contributed by atoms with Crippen molar-refractivity contribution in [2.24, 2.45) is 23.7 Å². The van der Waals surface area contributed by atoms with Crippen LogP contribution in [0.1, 0.15) is 31.7 Å². The fraction of sp³-hybridized carbons (Fsp3) is 0.550. The summed E-state index contributed by atoms with van der Waals surface area (Å²) >= 11 is 0. The second kappa shape index (κ2) is 6.49. The number of ether oxygens (including phenoxy) is 1. The number of hydrogen-bond acceptors (Lipinski definition) is 4. The molecule has 1 saturated heterocycles. The van der Waals surface area contributed by atoms with Crippen LogP contribution in [0.15, 0.2) is 24.3 Å². The van der Waals surface area contributed by atoms with E-state index in [1.165, 1.54) is 12.1 Å². The number of fused-ring (bicyclic) bond motifs is 5. The minimum absolute atomic E-state index is 0.133. The number of benzene rings is 1. The summed E-state index contributed by atoms with van der Waals surface area (Å²) in [6.45, 7) is 2.08. The second-order valence-electron chi connectivity index (χ2n) is 7.53. The Balaban J connectivity index is 1.67. The Bertz CT molecular complexity index is 747. The molecule has 6 heteroatoms. The van der Waals surface area contributed by atoms with E-state index in [9.17, 15) is 18.8 Å². The molecule has 5 nitrogen and oxygen atoms in total. The molecule has 2 bridgehead atoms. The van der Waals surface area contributed by atoms with Gasteiger partial charge in [0.15, 0.2) is 11.7 Å². The van der Waals surface area contributed by atoms with E-state index >= 15 is 0 Å². The van der Waals surface area contributed by atoms with Crippen LogP contribution in [0.5, 0.6) is 0 Å². The van der Waals surface area contributed by atoms with Crippen molar-refractivity contribution < 1.29 is 23.5 Å². The molecule has 5 atom stereocenters. The van der Waals surface area contributed by atoms with Crippen molar-refractivity contribution in [3.8, 4) is 0 Å². The minimum Gasteiger partial charge on any atom is -0.465 e. The number of likely N-dealkylation sites (tertiary alicyclic amines) is 1. The molecule has 3 unspecified atom stereocenters. The summed E-state index contributed by atoms with van der Waals surface area (Å²) < 4.78 is 18.2. The minimum atomic E-state index is -1.35. The van der Waals surface area contributed by atoms with Crippen LogP contribution in [0.2, 0.25) is 0 Å². The largest absolute Gasteiger partial charge is 0.465 e. The highest BCUT2D eigenvalue weighted by Gasteiger charge is 2.61. The first kappa shape index (κ1) is 17.2. The lowest BCUT2D eigenvalue weighted by molar-refractivity contribution is -0.168. The van der Waals surface area contributed by atoms with E-state index in [-0.39, 0.29) is 42.6 Å². The highest BCUT2D eigenvalue weighted by molar-refractivity contribution is 6.19. The summed E-state index contributed by atoms with van der Waals surface area (Å²) in [4.78, 5) is 40.0. The van der Waals surface area contributed by atoms with Crippen molar-refractivity contribution in [1.82, 2.24) is 4.90 Å². The first-order chi connectivity index (χ1) is 12.5. The average molecular weight is 359 g/mol. The van der Waals surface area contributed by atoms with Crippen LogP contribution < -0.4 is 0 Å². The Labute approximate surface area is 151 Å². The van der Waals surface area contributed by atoms with Gasteiger partial charge in [-0.2, -0.15) is 0 Å². The fourth-order valence-electron chi connectivity index (χ4n) is 5.15. The zero-order chi connectivity index (χ0) is 18.4. The van der Waals surface area contributed by atoms with E-state index in [2.05, 4.69) is 0 Å². The van der Waals surface area contributed by atoms with Gasteiger partial charge in [-0.15, -0.1) is 0 Å². The zero-order valence-electron chi connectivity index (χ0n) is 14.7. The number of esters is 1. The first-order valence-electron chi connectivity index (χ1n) is 9.26. The topological polar surface area (TPSA) is 63.7 Å². The van der Waals surface area contributed by atoms with Gasteiger partial charge in [-0.3, -0.25) is 14.4 Å². The predicted molar refractivity (Wildman–Crippen MR) is 90.2 cm³/mol. The molecule has 0 N–H and O–H groups in total. The van der Waals surface area contributed by atoms with Crippen LogP contribution >= 0.6 is 0 Å². The van der Waals surface area contributed by atoms with Crippen molar-refractivity contribution in [2.45, 2.75) is 38.8 Å². The molecular formula is C20H22FNO4. The maximum atomic E-state index is 13.2. The van der Waals surface area contributed by atoms with Gasteiger partial charge in [-0.05, 0) is 55.7 Å². The molecule has 138 valence electrons. The molecule has 3 aliphatic rings. The Hall–Kier alpha value is -2.24. The van der Waals surface area contributed by atoms with Gasteiger partial charge in [0.25, 0.3) is 0 Å². The third-order valence-corrected chi connectivity index (χ3v) is 6.16. The van der Waals surface area contributed by atoms with E-state index < -0.39 is 17.8 Å². The molecular weight excluding hydrogens is 337 g/mol. The molecule has 0 radical (unpaired) electrons. The Morgan fingerprint density at radius 3 is 2.58 bits per heavy atom. The Morgan fingerprint density at radius 1 is 1.19 bits per heavy atom. The highest BCUT2D eigenvalue weighted by Crippen LogP contribution is 2.53. The predicted octanol–water partition coefficient (Wildman–Crippen LogP) is 2.33. The van der Waals surface area contributed by atoms with Gasteiger partial charge < -0.3 is 9.64 Å². The number of ketones is 1. The molecule has 0 spiro atoms. The average Bonchev–Trinajstić information content (AvgIpc) is 3.22. The van der Waals surface area contributed by atoms with Gasteiger partial charge in [0.05, 0.1) is 6.61 Å². The van der Waals surface area contributed by atoms with Gasteiger partial charge in [-0.1, -0.05) is 12.1 Å². The van der Waals surface area contributed by atoms with Crippen LogP contribution in [0.25, 0.3) is 0 Å². The zero-order valence-corrected chi connectivity index (χ0v) is 14.7. The SMILES string of the molecule is CCOC(=O)C1C(=O)C2C([C@@H]3CC[C@H]2C3)N(Cc2ccc(F)cc2)C1=O. The van der Waals surface area contributed by atoms with Gasteiger partial charge in [-0.25, -0.2) is 4.39 Å². The molecule has 4 rings (SSSR count). The lowest BCUT2D eigenvalue weighted by atomic mass is 9.73. The van der Waals surface area contributed by atoms with Crippen LogP contribution in [-0.2, 0) is 25.7 Å². The fourth-order valence-corrected chi connectivity index (χ4v) is 5.15. The maximum absolute atomic E-state index is 13.2. The monoisotopic (exact) mass is 359 g/mol. The van der Waals surface area contributed by atoms with Gasteiger partial charge in [0.1, 0.15) is 5.82 Å². The van der Waals surface area contributed by atoms with E-state index in [0.29, 0.717) is 5.92 Å². The summed E-state index contributed by atoms with van der Waals surface area (Å²) in [5.41, 5.74) is 0.790. The number of piperidine rings is 1. The number of amides is 1. The second-order valence-corrected chi connectivity index (χ2v) is 7.53. The summed E-state index contributed by atoms with van der Waals surface area (Å²) in [7, 11) is 0. The first-order valence-corrected chi connectivity index (χ1v) is 9.26. The molecule has 2 saturated carbocycles. The smallest absolute Gasteiger partial charge is 0.326 e. The van der Waals surface area contributed by atoms with Gasteiger partial charge >= 0.3 is 5.97 Å². The summed E-state index contributed by atoms with van der Waals surface area (Å²) in [5.74, 6) is -2.88. The van der Waals surface area contributed by atoms with E-state index in [4.69, 9.17) is 4.74 Å². The Kier molecular flexibility index (Phi) is 4.29. The highest BCUT2D eigenvalue weighted by atomic mass is 19.1. The van der Waals surface area contributed by atoms with Crippen LogP contribution in [-0.4, -0.2) is 35.2 Å². The normalized spacial score (nSPS) is 32.7. The number of nitrogens with zero attached hydrogens (tertiary/aromatic N) is 1. The third-order valence-electron chi connectivity index (χ3n) is 6.16. The lowest BCUT2D eigenvalue weighted by Gasteiger charge is -2.44. The number of halogens is 1. The molecule has 0 aromatic heterocycles. The van der Waals surface area contributed by atoms with Crippen LogP contribution in [0, 0.1) is 29.5 Å². The van der Waals surface area contributed by atoms with Gasteiger partial charge in [0, 0.05) is 18.5 Å². The molecule has 1 heterocycles. The molecule has 1 aromatic carbocycles. The number of carbonyl (C=O) groups excluding carboxylic acids is 3. The molecule has 2 aliphatic carbocycles. The summed E-state index contributed by atoms with van der Waals surface area (Å²) in [6, 6.07) is 5.84. The number of Topliss-reactive ketones (excluding diaryl/α,β-unsaturated/α-hetero) is 1. The lowest BCUT2D eigenvalue weighted by Crippen LogP contribution is -2.60. The number of carbonyl (C=O) groups is 3. The molecule has 26 heavy (non-hydrogen) atoms. The van der Waals surface area contributed by atoms with E-state index in [1.807, 2.05) is 0 Å². The number of rotatable bonds is 4. The maximum Gasteiger partial charge on any atom is 0.326 e.